The Balaban J connectivity index is 2.26. The van der Waals surface area contributed by atoms with E-state index in [1.54, 1.807) is 18.3 Å². The first-order chi connectivity index (χ1) is 8.24. The van der Waals surface area contributed by atoms with Gasteiger partial charge >= 0.3 is 0 Å². The highest BCUT2D eigenvalue weighted by Crippen LogP contribution is 2.21. The van der Waals surface area contributed by atoms with Crippen molar-refractivity contribution in [2.75, 3.05) is 7.05 Å². The van der Waals surface area contributed by atoms with E-state index in [2.05, 4.69) is 20.5 Å². The van der Waals surface area contributed by atoms with E-state index < -0.39 is 0 Å². The largest absolute Gasteiger partial charge is 0.418 e. The molecule has 0 aliphatic rings. The Morgan fingerprint density at radius 1 is 1.41 bits per heavy atom. The van der Waals surface area contributed by atoms with E-state index in [9.17, 15) is 0 Å². The molecule has 0 aliphatic carbocycles. The molecule has 17 heavy (non-hydrogen) atoms. The van der Waals surface area contributed by atoms with Gasteiger partial charge in [-0.25, -0.2) is 4.98 Å². The smallest absolute Gasteiger partial charge is 0.266 e. The maximum absolute atomic E-state index is 5.76. The summed E-state index contributed by atoms with van der Waals surface area (Å²) in [5, 5.41) is 11.7. The molecule has 0 saturated carbocycles. The van der Waals surface area contributed by atoms with Crippen molar-refractivity contribution in [1.29, 1.82) is 0 Å². The van der Waals surface area contributed by atoms with Gasteiger partial charge in [-0.1, -0.05) is 18.5 Å². The van der Waals surface area contributed by atoms with Crippen molar-refractivity contribution < 1.29 is 4.42 Å². The lowest BCUT2D eigenvalue weighted by molar-refractivity contribution is 0.414. The summed E-state index contributed by atoms with van der Waals surface area (Å²) in [5.74, 6) is 0.979. The SMILES string of the molecule is CCC(NC)c1nnc(-c2ccc(Cl)cn2)o1. The zero-order chi connectivity index (χ0) is 12.3. The third kappa shape index (κ3) is 2.62. The quantitative estimate of drug-likeness (QED) is 0.906. The van der Waals surface area contributed by atoms with Crippen molar-refractivity contribution >= 4 is 11.6 Å². The Kier molecular flexibility index (Phi) is 3.71. The highest BCUT2D eigenvalue weighted by molar-refractivity contribution is 6.30. The van der Waals surface area contributed by atoms with Crippen LogP contribution < -0.4 is 5.32 Å². The average Bonchev–Trinajstić information content (AvgIpc) is 2.81. The highest BCUT2D eigenvalue weighted by atomic mass is 35.5. The molecule has 0 aromatic carbocycles. The monoisotopic (exact) mass is 252 g/mol. The number of hydrogen-bond donors (Lipinski definition) is 1. The van der Waals surface area contributed by atoms with Crippen LogP contribution in [0.1, 0.15) is 25.3 Å². The second-order valence-electron chi connectivity index (χ2n) is 3.56. The van der Waals surface area contributed by atoms with E-state index >= 15 is 0 Å². The van der Waals surface area contributed by atoms with E-state index in [0.29, 0.717) is 22.5 Å². The maximum Gasteiger partial charge on any atom is 0.266 e. The number of rotatable bonds is 4. The van der Waals surface area contributed by atoms with Crippen LogP contribution in [0.15, 0.2) is 22.7 Å². The minimum atomic E-state index is 0.0727. The molecule has 1 atom stereocenters. The predicted molar refractivity (Wildman–Crippen MR) is 64.6 cm³/mol. The van der Waals surface area contributed by atoms with Crippen LogP contribution >= 0.6 is 11.6 Å². The van der Waals surface area contributed by atoms with Crippen LogP contribution in [0.3, 0.4) is 0 Å². The summed E-state index contributed by atoms with van der Waals surface area (Å²) in [4.78, 5) is 4.12. The van der Waals surface area contributed by atoms with Gasteiger partial charge < -0.3 is 9.73 Å². The molecule has 2 rings (SSSR count). The van der Waals surface area contributed by atoms with Crippen LogP contribution in [0.2, 0.25) is 5.02 Å². The molecule has 2 heterocycles. The first-order valence-electron chi connectivity index (χ1n) is 5.37. The summed E-state index contributed by atoms with van der Waals surface area (Å²) in [6, 6.07) is 3.56. The standard InChI is InChI=1S/C11H13ClN4O/c1-3-8(13-2)10-15-16-11(17-10)9-5-4-7(12)6-14-9/h4-6,8,13H,3H2,1-2H3. The second kappa shape index (κ2) is 5.25. The summed E-state index contributed by atoms with van der Waals surface area (Å²) in [6.45, 7) is 2.05. The van der Waals surface area contributed by atoms with Crippen molar-refractivity contribution in [2.45, 2.75) is 19.4 Å². The molecule has 0 radical (unpaired) electrons. The Morgan fingerprint density at radius 3 is 2.82 bits per heavy atom. The van der Waals surface area contributed by atoms with Crippen LogP contribution in [0.25, 0.3) is 11.6 Å². The average molecular weight is 253 g/mol. The number of pyridine rings is 1. The first-order valence-corrected chi connectivity index (χ1v) is 5.75. The van der Waals surface area contributed by atoms with Crippen LogP contribution in [-0.2, 0) is 0 Å². The van der Waals surface area contributed by atoms with Crippen LogP contribution in [0, 0.1) is 0 Å². The minimum Gasteiger partial charge on any atom is -0.418 e. The van der Waals surface area contributed by atoms with Crippen molar-refractivity contribution in [1.82, 2.24) is 20.5 Å². The van der Waals surface area contributed by atoms with Gasteiger partial charge in [0.2, 0.25) is 5.89 Å². The van der Waals surface area contributed by atoms with E-state index in [-0.39, 0.29) is 6.04 Å². The lowest BCUT2D eigenvalue weighted by atomic mass is 10.2. The molecule has 0 aliphatic heterocycles. The molecule has 0 saturated heterocycles. The Labute approximate surface area is 104 Å². The number of halogens is 1. The summed E-state index contributed by atoms with van der Waals surface area (Å²) in [6.07, 6.45) is 2.43. The van der Waals surface area contributed by atoms with Gasteiger partial charge in [0.25, 0.3) is 5.89 Å². The molecule has 1 N–H and O–H groups in total. The number of aromatic nitrogens is 3. The number of nitrogens with zero attached hydrogens (tertiary/aromatic N) is 3. The Hall–Kier alpha value is -1.46. The molecule has 0 bridgehead atoms. The van der Waals surface area contributed by atoms with Crippen LogP contribution in [0.5, 0.6) is 0 Å². The third-order valence-electron chi connectivity index (χ3n) is 2.44. The van der Waals surface area contributed by atoms with Gasteiger partial charge in [0.05, 0.1) is 11.1 Å². The number of hydrogen-bond acceptors (Lipinski definition) is 5. The second-order valence-corrected chi connectivity index (χ2v) is 3.99. The van der Waals surface area contributed by atoms with Crippen molar-refractivity contribution in [2.24, 2.45) is 0 Å². The summed E-state index contributed by atoms with van der Waals surface area (Å²) >= 11 is 5.76. The summed E-state index contributed by atoms with van der Waals surface area (Å²) in [5.41, 5.74) is 0.624. The van der Waals surface area contributed by atoms with Gasteiger partial charge in [-0.2, -0.15) is 0 Å². The Bertz CT molecular complexity index is 478. The fraction of sp³-hybridized carbons (Fsp3) is 0.364. The fourth-order valence-electron chi connectivity index (χ4n) is 1.48. The molecular weight excluding hydrogens is 240 g/mol. The van der Waals surface area contributed by atoms with Gasteiger partial charge in [-0.15, -0.1) is 10.2 Å². The number of nitrogens with one attached hydrogen (secondary N) is 1. The molecule has 1 unspecified atom stereocenters. The van der Waals surface area contributed by atoms with Crippen molar-refractivity contribution in [3.63, 3.8) is 0 Å². The van der Waals surface area contributed by atoms with Crippen molar-refractivity contribution in [3.8, 4) is 11.6 Å². The Morgan fingerprint density at radius 2 is 2.24 bits per heavy atom. The van der Waals surface area contributed by atoms with Gasteiger partial charge in [0, 0.05) is 6.20 Å². The maximum atomic E-state index is 5.76. The molecule has 90 valence electrons. The van der Waals surface area contributed by atoms with Crippen LogP contribution in [0.4, 0.5) is 0 Å². The highest BCUT2D eigenvalue weighted by Gasteiger charge is 2.16. The van der Waals surface area contributed by atoms with Gasteiger partial charge in [-0.3, -0.25) is 0 Å². The molecule has 0 fully saturated rings. The predicted octanol–water partition coefficient (Wildman–Crippen LogP) is 2.46. The summed E-state index contributed by atoms with van der Waals surface area (Å²) < 4.78 is 5.56. The topological polar surface area (TPSA) is 63.8 Å². The van der Waals surface area contributed by atoms with E-state index in [0.717, 1.165) is 6.42 Å². The normalized spacial score (nSPS) is 12.6. The molecular formula is C11H13ClN4O. The molecule has 0 spiro atoms. The zero-order valence-corrected chi connectivity index (χ0v) is 10.4. The third-order valence-corrected chi connectivity index (χ3v) is 2.67. The zero-order valence-electron chi connectivity index (χ0n) is 9.64. The molecule has 6 heteroatoms. The van der Waals surface area contributed by atoms with E-state index in [1.807, 2.05) is 14.0 Å². The molecule has 2 aromatic rings. The van der Waals surface area contributed by atoms with Gasteiger partial charge in [0.15, 0.2) is 0 Å². The summed E-state index contributed by atoms with van der Waals surface area (Å²) in [7, 11) is 1.86. The molecule has 0 amide bonds. The van der Waals surface area contributed by atoms with E-state index in [4.69, 9.17) is 16.0 Å². The fourth-order valence-corrected chi connectivity index (χ4v) is 1.60. The van der Waals surface area contributed by atoms with Crippen LogP contribution in [-0.4, -0.2) is 22.2 Å². The van der Waals surface area contributed by atoms with Crippen molar-refractivity contribution in [3.05, 3.63) is 29.2 Å². The minimum absolute atomic E-state index is 0.0727. The lowest BCUT2D eigenvalue weighted by Crippen LogP contribution is -2.15. The van der Waals surface area contributed by atoms with Gasteiger partial charge in [-0.05, 0) is 25.6 Å². The lowest BCUT2D eigenvalue weighted by Gasteiger charge is -2.06. The van der Waals surface area contributed by atoms with Gasteiger partial charge in [0.1, 0.15) is 5.69 Å². The first kappa shape index (κ1) is 12.0. The molecule has 5 nitrogen and oxygen atoms in total. The van der Waals surface area contributed by atoms with E-state index in [1.165, 1.54) is 0 Å². The molecule has 2 aromatic heterocycles.